The van der Waals surface area contributed by atoms with Crippen molar-refractivity contribution >= 4 is 29.8 Å². The molecule has 0 fully saturated rings. The van der Waals surface area contributed by atoms with Gasteiger partial charge in [-0.2, -0.15) is 13.2 Å². The lowest BCUT2D eigenvalue weighted by atomic mass is 10.1. The van der Waals surface area contributed by atoms with E-state index in [9.17, 15) is 22.8 Å². The van der Waals surface area contributed by atoms with Crippen LogP contribution in [-0.2, 0) is 25.6 Å². The van der Waals surface area contributed by atoms with Crippen molar-refractivity contribution in [1.82, 2.24) is 0 Å². The zero-order valence-corrected chi connectivity index (χ0v) is 14.7. The summed E-state index contributed by atoms with van der Waals surface area (Å²) in [6.07, 6.45) is -4.41. The summed E-state index contributed by atoms with van der Waals surface area (Å²) in [6, 6.07) is 2.84. The maximum absolute atomic E-state index is 12.9. The van der Waals surface area contributed by atoms with Gasteiger partial charge in [0.2, 0.25) is 0 Å². The summed E-state index contributed by atoms with van der Waals surface area (Å²) in [5.41, 5.74) is -1.38. The zero-order chi connectivity index (χ0) is 19.3. The first kappa shape index (κ1) is 20.9. The molecule has 0 bridgehead atoms. The highest BCUT2D eigenvalue weighted by Crippen LogP contribution is 2.33. The number of amides is 1. The maximum Gasteiger partial charge on any atom is 0.416 e. The van der Waals surface area contributed by atoms with E-state index >= 15 is 0 Å². The van der Waals surface area contributed by atoms with Crippen molar-refractivity contribution in [3.8, 4) is 0 Å². The number of rotatable bonds is 5. The van der Waals surface area contributed by atoms with Crippen molar-refractivity contribution in [2.45, 2.75) is 38.3 Å². The molecule has 0 radical (unpaired) electrons. The van der Waals surface area contributed by atoms with E-state index in [4.69, 9.17) is 8.92 Å². The van der Waals surface area contributed by atoms with E-state index in [1.54, 1.807) is 20.8 Å². The van der Waals surface area contributed by atoms with Crippen molar-refractivity contribution in [3.63, 3.8) is 0 Å². The van der Waals surface area contributed by atoms with Gasteiger partial charge in [-0.15, -0.1) is 0 Å². The van der Waals surface area contributed by atoms with E-state index in [0.29, 0.717) is 12.0 Å². The average molecular weight is 377 g/mol. The summed E-state index contributed by atoms with van der Waals surface area (Å²) in [7, 11) is 0. The Morgan fingerprint density at radius 2 is 1.92 bits per heavy atom. The molecular formula is C16H18F3NO4S. The van der Waals surface area contributed by atoms with Crippen LogP contribution in [0.1, 0.15) is 31.9 Å². The molecule has 1 N–H and O–H groups in total. The molecule has 138 valence electrons. The number of halogens is 3. The molecule has 0 aliphatic rings. The van der Waals surface area contributed by atoms with Crippen LogP contribution in [0.5, 0.6) is 0 Å². The lowest BCUT2D eigenvalue weighted by Crippen LogP contribution is -2.27. The monoisotopic (exact) mass is 377 g/mol. The molecular weight excluding hydrogens is 359 g/mol. The van der Waals surface area contributed by atoms with Gasteiger partial charge in [0.25, 0.3) is 0 Å². The third-order valence-electron chi connectivity index (χ3n) is 2.59. The highest BCUT2D eigenvalue weighted by molar-refractivity contribution is 7.94. The van der Waals surface area contributed by atoms with Crippen LogP contribution >= 0.6 is 12.0 Å². The minimum Gasteiger partial charge on any atom is -0.444 e. The summed E-state index contributed by atoms with van der Waals surface area (Å²) in [5, 5.41) is 2.40. The Bertz CT molecular complexity index is 654. The molecule has 25 heavy (non-hydrogen) atoms. The van der Waals surface area contributed by atoms with E-state index in [2.05, 4.69) is 11.9 Å². The molecule has 0 saturated heterocycles. The number of anilines is 1. The standard InChI is InChI=1S/C16H18F3NO4S/c1-5-13(21)24-25-9-10-8-11(16(17,18)19)6-7-12(10)20-14(22)23-15(2,3)4/h5-8H,1,9H2,2-4H3,(H,20,22). The Morgan fingerprint density at radius 3 is 2.44 bits per heavy atom. The van der Waals surface area contributed by atoms with Crippen LogP contribution < -0.4 is 5.32 Å². The molecule has 0 aliphatic carbocycles. The lowest BCUT2D eigenvalue weighted by Gasteiger charge is -2.20. The fourth-order valence-electron chi connectivity index (χ4n) is 1.61. The molecule has 0 atom stereocenters. The Labute approximate surface area is 147 Å². The second kappa shape index (κ2) is 8.28. The lowest BCUT2D eigenvalue weighted by molar-refractivity contribution is -0.137. The largest absolute Gasteiger partial charge is 0.444 e. The third-order valence-corrected chi connectivity index (χ3v) is 3.30. The van der Waals surface area contributed by atoms with Crippen molar-refractivity contribution in [1.29, 1.82) is 0 Å². The van der Waals surface area contributed by atoms with Crippen molar-refractivity contribution < 1.29 is 31.7 Å². The minimum atomic E-state index is -4.54. The average Bonchev–Trinajstić information content (AvgIpc) is 2.45. The number of carbonyl (C=O) groups excluding carboxylic acids is 2. The third kappa shape index (κ3) is 7.51. The van der Waals surface area contributed by atoms with Gasteiger partial charge in [-0.25, -0.2) is 9.59 Å². The smallest absolute Gasteiger partial charge is 0.416 e. The summed E-state index contributed by atoms with van der Waals surface area (Å²) in [5.74, 6) is -0.826. The number of hydrogen-bond acceptors (Lipinski definition) is 5. The fourth-order valence-corrected chi connectivity index (χ4v) is 2.22. The topological polar surface area (TPSA) is 64.6 Å². The zero-order valence-electron chi connectivity index (χ0n) is 13.9. The molecule has 1 aromatic rings. The van der Waals surface area contributed by atoms with Gasteiger partial charge in [0.05, 0.1) is 23.4 Å². The van der Waals surface area contributed by atoms with Crippen molar-refractivity contribution in [2.24, 2.45) is 0 Å². The predicted octanol–water partition coefficient (Wildman–Crippen LogP) is 4.93. The Hall–Kier alpha value is -2.16. The molecule has 0 aromatic heterocycles. The van der Waals surface area contributed by atoms with E-state index in [-0.39, 0.29) is 17.0 Å². The molecule has 1 rings (SSSR count). The second-order valence-corrected chi connectivity index (χ2v) is 6.56. The van der Waals surface area contributed by atoms with Crippen molar-refractivity contribution in [2.75, 3.05) is 5.32 Å². The van der Waals surface area contributed by atoms with E-state index in [1.807, 2.05) is 0 Å². The molecule has 0 heterocycles. The Morgan fingerprint density at radius 1 is 1.28 bits per heavy atom. The normalized spacial score (nSPS) is 11.6. The minimum absolute atomic E-state index is 0.103. The second-order valence-electron chi connectivity index (χ2n) is 5.87. The van der Waals surface area contributed by atoms with Crippen LogP contribution in [0.15, 0.2) is 30.9 Å². The summed E-state index contributed by atoms with van der Waals surface area (Å²) in [4.78, 5) is 22.8. The molecule has 0 spiro atoms. The van der Waals surface area contributed by atoms with Gasteiger partial charge in [-0.3, -0.25) is 5.32 Å². The van der Waals surface area contributed by atoms with Gasteiger partial charge < -0.3 is 8.92 Å². The summed E-state index contributed by atoms with van der Waals surface area (Å²) < 4.78 is 48.4. The van der Waals surface area contributed by atoms with Crippen molar-refractivity contribution in [3.05, 3.63) is 42.0 Å². The number of hydrogen-bond donors (Lipinski definition) is 1. The van der Waals surface area contributed by atoms with Gasteiger partial charge in [-0.05, 0) is 44.5 Å². The van der Waals surface area contributed by atoms with E-state index in [1.165, 1.54) is 0 Å². The highest BCUT2D eigenvalue weighted by atomic mass is 32.2. The van der Waals surface area contributed by atoms with Crippen LogP contribution in [0.3, 0.4) is 0 Å². The van der Waals surface area contributed by atoms with Crippen LogP contribution in [0, 0.1) is 0 Å². The summed E-state index contributed by atoms with van der Waals surface area (Å²) in [6.45, 7) is 8.19. The van der Waals surface area contributed by atoms with Gasteiger partial charge in [0, 0.05) is 11.8 Å². The molecule has 0 unspecified atom stereocenters. The first-order valence-electron chi connectivity index (χ1n) is 7.08. The first-order valence-corrected chi connectivity index (χ1v) is 7.99. The van der Waals surface area contributed by atoms with Gasteiger partial charge in [-0.1, -0.05) is 6.58 Å². The Balaban J connectivity index is 2.99. The van der Waals surface area contributed by atoms with E-state index < -0.39 is 29.4 Å². The number of ether oxygens (including phenoxy) is 1. The molecule has 5 nitrogen and oxygen atoms in total. The number of nitrogens with one attached hydrogen (secondary N) is 1. The molecule has 9 heteroatoms. The fraction of sp³-hybridized carbons (Fsp3) is 0.375. The first-order chi connectivity index (χ1) is 11.4. The quantitative estimate of drug-likeness (QED) is 0.582. The summed E-state index contributed by atoms with van der Waals surface area (Å²) >= 11 is 0.633. The van der Waals surface area contributed by atoms with E-state index in [0.717, 1.165) is 24.3 Å². The van der Waals surface area contributed by atoms with Gasteiger partial charge in [0.15, 0.2) is 0 Å². The number of carbonyl (C=O) groups is 2. The van der Waals surface area contributed by atoms with Crippen LogP contribution in [0.25, 0.3) is 0 Å². The molecule has 0 saturated carbocycles. The van der Waals surface area contributed by atoms with Gasteiger partial charge >= 0.3 is 18.2 Å². The van der Waals surface area contributed by atoms with Crippen LogP contribution in [-0.4, -0.2) is 17.7 Å². The number of benzene rings is 1. The predicted molar refractivity (Wildman–Crippen MR) is 88.9 cm³/mol. The maximum atomic E-state index is 12.9. The highest BCUT2D eigenvalue weighted by Gasteiger charge is 2.31. The molecule has 1 amide bonds. The molecule has 1 aromatic carbocycles. The molecule has 0 aliphatic heterocycles. The van der Waals surface area contributed by atoms with Crippen LogP contribution in [0.4, 0.5) is 23.7 Å². The van der Waals surface area contributed by atoms with Crippen LogP contribution in [0.2, 0.25) is 0 Å². The SMILES string of the molecule is C=CC(=O)OSCc1cc(C(F)(F)F)ccc1NC(=O)OC(C)(C)C. The Kier molecular flexibility index (Phi) is 6.92. The number of alkyl halides is 3. The van der Waals surface area contributed by atoms with Gasteiger partial charge in [0.1, 0.15) is 5.60 Å².